The third-order valence-corrected chi connectivity index (χ3v) is 10.6. The lowest BCUT2D eigenvalue weighted by Crippen LogP contribution is -2.68. The van der Waals surface area contributed by atoms with Gasteiger partial charge in [0, 0.05) is 18.0 Å². The molecule has 228 valence electrons. The maximum absolute atomic E-state index is 13.8. The average Bonchev–Trinajstić information content (AvgIpc) is 3.29. The number of phenols is 1. The van der Waals surface area contributed by atoms with Gasteiger partial charge in [-0.15, -0.1) is 0 Å². The number of phenolic OH excluding ortho intramolecular Hbond substituents is 1. The van der Waals surface area contributed by atoms with Crippen molar-refractivity contribution in [3.8, 4) is 16.9 Å². The summed E-state index contributed by atoms with van der Waals surface area (Å²) in [6.45, 7) is 3.00. The highest BCUT2D eigenvalue weighted by molar-refractivity contribution is 7.92. The minimum Gasteiger partial charge on any atom is -0.507 e. The van der Waals surface area contributed by atoms with Crippen molar-refractivity contribution < 1.29 is 47.1 Å². The van der Waals surface area contributed by atoms with Crippen molar-refractivity contribution in [2.75, 3.05) is 4.72 Å². The van der Waals surface area contributed by atoms with Gasteiger partial charge < -0.3 is 20.5 Å². The molecule has 0 spiro atoms. The fourth-order valence-corrected chi connectivity index (χ4v) is 8.41. The maximum atomic E-state index is 13.8. The van der Waals surface area contributed by atoms with Crippen molar-refractivity contribution in [1.82, 2.24) is 5.16 Å². The van der Waals surface area contributed by atoms with Crippen molar-refractivity contribution in [2.45, 2.75) is 43.6 Å². The summed E-state index contributed by atoms with van der Waals surface area (Å²) in [5, 5.41) is 25.7. The number of carbonyl (C=O) groups excluding carboxylic acids is 5. The van der Waals surface area contributed by atoms with E-state index in [0.29, 0.717) is 16.7 Å². The molecule has 3 aliphatic carbocycles. The van der Waals surface area contributed by atoms with Gasteiger partial charge in [0.2, 0.25) is 5.91 Å². The Morgan fingerprint density at radius 3 is 2.34 bits per heavy atom. The van der Waals surface area contributed by atoms with E-state index < -0.39 is 80.5 Å². The molecule has 2 fully saturated rings. The van der Waals surface area contributed by atoms with Crippen LogP contribution in [0, 0.1) is 37.5 Å². The molecule has 0 aliphatic heterocycles. The first kappa shape index (κ1) is 29.4. The summed E-state index contributed by atoms with van der Waals surface area (Å²) >= 11 is 0. The van der Waals surface area contributed by atoms with Gasteiger partial charge in [-0.05, 0) is 67.5 Å². The number of aromatic hydroxyl groups is 1. The van der Waals surface area contributed by atoms with E-state index >= 15 is 0 Å². The van der Waals surface area contributed by atoms with Gasteiger partial charge in [0.15, 0.2) is 45.3 Å². The molecule has 1 amide bonds. The Labute approximate surface area is 250 Å². The summed E-state index contributed by atoms with van der Waals surface area (Å²) in [6, 6.07) is 9.19. The molecule has 2 saturated carbocycles. The predicted molar refractivity (Wildman–Crippen MR) is 151 cm³/mol. The van der Waals surface area contributed by atoms with Crippen LogP contribution in [0.4, 0.5) is 5.69 Å². The summed E-state index contributed by atoms with van der Waals surface area (Å²) in [6.07, 6.45) is -0.349. The average molecular weight is 622 g/mol. The van der Waals surface area contributed by atoms with E-state index in [-0.39, 0.29) is 40.4 Å². The molecular formula is C30H27N3O10S. The van der Waals surface area contributed by atoms with Crippen LogP contribution in [-0.2, 0) is 35.6 Å². The summed E-state index contributed by atoms with van der Waals surface area (Å²) in [5.74, 6) is -10.8. The Morgan fingerprint density at radius 1 is 1.05 bits per heavy atom. The number of benzene rings is 2. The number of sulfonamides is 1. The van der Waals surface area contributed by atoms with Gasteiger partial charge in [-0.2, -0.15) is 0 Å². The summed E-state index contributed by atoms with van der Waals surface area (Å²) in [4.78, 5) is 64.9. The second-order valence-electron chi connectivity index (χ2n) is 11.6. The number of amides is 1. The molecule has 0 radical (unpaired) electrons. The van der Waals surface area contributed by atoms with Crippen LogP contribution in [-0.4, -0.2) is 58.4 Å². The fourth-order valence-electron chi connectivity index (χ4n) is 7.02. The van der Waals surface area contributed by atoms with Crippen molar-refractivity contribution >= 4 is 44.8 Å². The van der Waals surface area contributed by atoms with Crippen molar-refractivity contribution in [1.29, 1.82) is 0 Å². The number of aliphatic hydroxyl groups is 1. The van der Waals surface area contributed by atoms with Crippen LogP contribution in [0.3, 0.4) is 0 Å². The lowest BCUT2D eigenvalue weighted by atomic mass is 9.53. The smallest absolute Gasteiger partial charge is 0.267 e. The van der Waals surface area contributed by atoms with E-state index in [1.807, 2.05) is 0 Å². The van der Waals surface area contributed by atoms with Gasteiger partial charge in [0.25, 0.3) is 10.0 Å². The number of anilines is 1. The topological polar surface area (TPSA) is 224 Å². The van der Waals surface area contributed by atoms with Crippen molar-refractivity contribution in [3.05, 3.63) is 59.0 Å². The van der Waals surface area contributed by atoms with Crippen LogP contribution in [0.15, 0.2) is 45.8 Å². The quantitative estimate of drug-likeness (QED) is 0.298. The molecule has 5 atom stereocenters. The van der Waals surface area contributed by atoms with Crippen LogP contribution >= 0.6 is 0 Å². The summed E-state index contributed by atoms with van der Waals surface area (Å²) in [7, 11) is -4.00. The van der Waals surface area contributed by atoms with E-state index in [0.717, 1.165) is 0 Å². The second-order valence-corrected chi connectivity index (χ2v) is 13.2. The Balaban J connectivity index is 1.34. The minimum atomic E-state index is -4.00. The molecule has 6 rings (SSSR count). The zero-order valence-corrected chi connectivity index (χ0v) is 24.3. The van der Waals surface area contributed by atoms with Gasteiger partial charge in [-0.3, -0.25) is 28.7 Å². The monoisotopic (exact) mass is 621 g/mol. The molecular weight excluding hydrogens is 594 g/mol. The Morgan fingerprint density at radius 2 is 1.73 bits per heavy atom. The van der Waals surface area contributed by atoms with Crippen LogP contribution in [0.1, 0.15) is 40.2 Å². The van der Waals surface area contributed by atoms with E-state index in [9.17, 15) is 42.6 Å². The van der Waals surface area contributed by atoms with Crippen LogP contribution < -0.4 is 10.5 Å². The second kappa shape index (κ2) is 9.92. The molecule has 1 aromatic heterocycles. The number of fused-ring (bicyclic) bond motifs is 3. The molecule has 5 N–H and O–H groups in total. The number of rotatable bonds is 5. The number of primary amides is 1. The largest absolute Gasteiger partial charge is 0.507 e. The zero-order valence-electron chi connectivity index (χ0n) is 23.5. The van der Waals surface area contributed by atoms with Crippen molar-refractivity contribution in [3.63, 3.8) is 0 Å². The maximum Gasteiger partial charge on any atom is 0.267 e. The first-order chi connectivity index (χ1) is 20.7. The Bertz CT molecular complexity index is 1890. The highest BCUT2D eigenvalue weighted by Gasteiger charge is 2.66. The van der Waals surface area contributed by atoms with Gasteiger partial charge >= 0.3 is 0 Å². The lowest BCUT2D eigenvalue weighted by Gasteiger charge is -2.48. The van der Waals surface area contributed by atoms with Crippen LogP contribution in [0.25, 0.3) is 11.1 Å². The highest BCUT2D eigenvalue weighted by atomic mass is 32.2. The number of nitrogens with zero attached hydrogens (tertiary/aromatic N) is 1. The summed E-state index contributed by atoms with van der Waals surface area (Å²) < 4.78 is 33.3. The predicted octanol–water partition coefficient (Wildman–Crippen LogP) is 1.40. The molecule has 1 heterocycles. The number of nitrogens with two attached hydrogens (primary N) is 1. The number of carbonyl (C=O) groups is 5. The Kier molecular flexibility index (Phi) is 6.63. The van der Waals surface area contributed by atoms with Gasteiger partial charge in [0.05, 0.1) is 11.5 Å². The van der Waals surface area contributed by atoms with E-state index in [4.69, 9.17) is 10.3 Å². The van der Waals surface area contributed by atoms with Crippen LogP contribution in [0.2, 0.25) is 0 Å². The molecule has 13 nitrogen and oxygen atoms in total. The molecule has 44 heavy (non-hydrogen) atoms. The number of aromatic nitrogens is 1. The minimum absolute atomic E-state index is 0.0292. The van der Waals surface area contributed by atoms with Crippen LogP contribution in [0.5, 0.6) is 5.75 Å². The van der Waals surface area contributed by atoms with Gasteiger partial charge in [-0.25, -0.2) is 8.42 Å². The van der Waals surface area contributed by atoms with Gasteiger partial charge in [-0.1, -0.05) is 23.4 Å². The lowest BCUT2D eigenvalue weighted by molar-refractivity contribution is -0.175. The highest BCUT2D eigenvalue weighted by Crippen LogP contribution is 2.51. The number of aryl methyl sites for hydroxylation is 2. The molecule has 14 heteroatoms. The van der Waals surface area contributed by atoms with E-state index in [2.05, 4.69) is 9.88 Å². The molecule has 2 aromatic carbocycles. The standard InChI is InChI=1S/C30H27N3O10S/c1-12-26(13(2)43-32-12)44(41,42)33-17-5-3-14(4-6-17)18-7-8-20(34)23-19(18)10-15-9-16-11-21(35)24(29(31)39)28(38)30(16,40)27(37)22(15)25(23)36/h3-8,15-16,22,24,33-34,40H,9-11H2,1-2H3,(H2,31,39)/t15-,16+,22?,24?,30+/m1/s1. The zero-order chi connectivity index (χ0) is 31.9. The molecule has 3 aliphatic rings. The number of hydrogen-bond donors (Lipinski definition) is 4. The van der Waals surface area contributed by atoms with E-state index in [1.54, 1.807) is 18.2 Å². The number of nitrogens with one attached hydrogen (secondary N) is 1. The molecule has 0 saturated heterocycles. The first-order valence-electron chi connectivity index (χ1n) is 13.7. The van der Waals surface area contributed by atoms with Gasteiger partial charge in [0.1, 0.15) is 11.4 Å². The number of Topliss-reactive ketones (excluding diaryl/α,β-unsaturated/α-hetero) is 4. The molecule has 3 aromatic rings. The number of hydrogen-bond acceptors (Lipinski definition) is 11. The third kappa shape index (κ3) is 4.19. The molecule has 2 unspecified atom stereocenters. The normalized spacial score (nSPS) is 26.5. The van der Waals surface area contributed by atoms with E-state index in [1.165, 1.54) is 32.0 Å². The molecule has 0 bridgehead atoms. The third-order valence-electron chi connectivity index (χ3n) is 8.97. The fraction of sp³-hybridized carbons (Fsp3) is 0.333. The SMILES string of the molecule is Cc1noc(C)c1S(=O)(=O)Nc1ccc(-c2ccc(O)c3c2C[C@H]2C[C@H]4CC(=O)C(C(N)=O)C(=O)[C@@]4(O)C(=O)C2C3=O)cc1. The Hall–Kier alpha value is -4.69. The summed E-state index contributed by atoms with van der Waals surface area (Å²) in [5.41, 5.74) is 4.38. The number of ketones is 4. The van der Waals surface area contributed by atoms with Crippen molar-refractivity contribution in [2.24, 2.45) is 29.4 Å². The first-order valence-corrected chi connectivity index (χ1v) is 15.2.